The number of carbonyl (C=O) groups excluding carboxylic acids is 1. The van der Waals surface area contributed by atoms with Crippen LogP contribution >= 0.6 is 0 Å². The van der Waals surface area contributed by atoms with Crippen LogP contribution in [0, 0.1) is 11.3 Å². The molecule has 0 fully saturated rings. The van der Waals surface area contributed by atoms with E-state index in [-0.39, 0.29) is 18.4 Å². The summed E-state index contributed by atoms with van der Waals surface area (Å²) >= 11 is 0. The number of rotatable bonds is 9. The van der Waals surface area contributed by atoms with Gasteiger partial charge in [-0.2, -0.15) is 5.26 Å². The molecule has 1 aliphatic heterocycles. The normalized spacial score (nSPS) is 13.3. The molecule has 0 saturated carbocycles. The number of nitriles is 1. The van der Waals surface area contributed by atoms with Gasteiger partial charge in [0.2, 0.25) is 0 Å². The molecular weight excluding hydrogens is 508 g/mol. The number of carbonyl (C=O) groups is 2. The minimum atomic E-state index is -0.982. The first kappa shape index (κ1) is 26.8. The number of amides is 1. The number of pyridine rings is 1. The van der Waals surface area contributed by atoms with Gasteiger partial charge in [0.15, 0.2) is 0 Å². The zero-order valence-corrected chi connectivity index (χ0v) is 22.2. The molecule has 0 radical (unpaired) electrons. The Morgan fingerprint density at radius 3 is 2.83 bits per heavy atom. The first-order valence-electron chi connectivity index (χ1n) is 13.3. The SMILES string of the molecule is CCOC(=O)CC(c1cccc(C#N)c1)n1ccc2cc(OCCc3ccc4c(n3)N(C(=O)O)CCC4)ccc21. The Kier molecular flexibility index (Phi) is 7.97. The second kappa shape index (κ2) is 11.9. The minimum absolute atomic E-state index is 0.137. The Bertz CT molecular complexity index is 1590. The van der Waals surface area contributed by atoms with Crippen molar-refractivity contribution in [3.8, 4) is 11.8 Å². The highest BCUT2D eigenvalue weighted by Gasteiger charge is 2.24. The predicted octanol–water partition coefficient (Wildman–Crippen LogP) is 5.50. The number of nitrogens with zero attached hydrogens (tertiary/aromatic N) is 4. The van der Waals surface area contributed by atoms with E-state index in [9.17, 15) is 20.0 Å². The monoisotopic (exact) mass is 538 g/mol. The van der Waals surface area contributed by atoms with Crippen molar-refractivity contribution in [2.45, 2.75) is 38.6 Å². The van der Waals surface area contributed by atoms with Gasteiger partial charge in [-0.25, -0.2) is 9.78 Å². The van der Waals surface area contributed by atoms with Gasteiger partial charge in [-0.15, -0.1) is 0 Å². The second-order valence-electron chi connectivity index (χ2n) is 9.63. The average molecular weight is 539 g/mol. The van der Waals surface area contributed by atoms with Crippen molar-refractivity contribution in [1.82, 2.24) is 9.55 Å². The largest absolute Gasteiger partial charge is 0.493 e. The molecule has 1 amide bonds. The lowest BCUT2D eigenvalue weighted by atomic mass is 10.0. The zero-order valence-electron chi connectivity index (χ0n) is 22.2. The van der Waals surface area contributed by atoms with Gasteiger partial charge in [0.25, 0.3) is 0 Å². The van der Waals surface area contributed by atoms with Crippen LogP contribution in [0.25, 0.3) is 10.9 Å². The number of hydrogen-bond donors (Lipinski definition) is 1. The summed E-state index contributed by atoms with van der Waals surface area (Å²) in [6, 6.07) is 20.8. The van der Waals surface area contributed by atoms with Gasteiger partial charge >= 0.3 is 12.1 Å². The van der Waals surface area contributed by atoms with Gasteiger partial charge in [0.05, 0.1) is 37.3 Å². The zero-order chi connectivity index (χ0) is 28.1. The molecule has 5 rings (SSSR count). The van der Waals surface area contributed by atoms with E-state index >= 15 is 0 Å². The van der Waals surface area contributed by atoms with E-state index in [1.54, 1.807) is 19.1 Å². The highest BCUT2D eigenvalue weighted by atomic mass is 16.5. The molecule has 4 aromatic rings. The molecule has 2 aromatic heterocycles. The van der Waals surface area contributed by atoms with Gasteiger partial charge in [-0.1, -0.05) is 18.2 Å². The summed E-state index contributed by atoms with van der Waals surface area (Å²) in [5, 5.41) is 19.8. The van der Waals surface area contributed by atoms with E-state index < -0.39 is 6.09 Å². The van der Waals surface area contributed by atoms with Gasteiger partial charge in [-0.3, -0.25) is 9.69 Å². The summed E-state index contributed by atoms with van der Waals surface area (Å²) in [6.07, 6.45) is 3.25. The lowest BCUT2D eigenvalue weighted by Crippen LogP contribution is -2.35. The summed E-state index contributed by atoms with van der Waals surface area (Å²) in [4.78, 5) is 30.0. The van der Waals surface area contributed by atoms with E-state index in [0.717, 1.165) is 40.6 Å². The molecule has 0 saturated heterocycles. The Hall–Kier alpha value is -4.84. The van der Waals surface area contributed by atoms with Gasteiger partial charge in [0, 0.05) is 35.8 Å². The van der Waals surface area contributed by atoms with Crippen LogP contribution in [0.5, 0.6) is 5.75 Å². The maximum absolute atomic E-state index is 12.5. The maximum Gasteiger partial charge on any atom is 0.413 e. The molecule has 9 nitrogen and oxygen atoms in total. The molecule has 1 unspecified atom stereocenters. The van der Waals surface area contributed by atoms with Gasteiger partial charge in [0.1, 0.15) is 11.6 Å². The molecular formula is C31H30N4O5. The van der Waals surface area contributed by atoms with Crippen molar-refractivity contribution in [2.75, 3.05) is 24.7 Å². The summed E-state index contributed by atoms with van der Waals surface area (Å²) in [6.45, 7) is 2.93. The van der Waals surface area contributed by atoms with Crippen LogP contribution in [0.4, 0.5) is 10.6 Å². The Balaban J connectivity index is 1.32. The summed E-state index contributed by atoms with van der Waals surface area (Å²) in [7, 11) is 0. The molecule has 0 spiro atoms. The molecule has 3 heterocycles. The number of benzene rings is 2. The Morgan fingerprint density at radius 2 is 2.02 bits per heavy atom. The highest BCUT2D eigenvalue weighted by molar-refractivity contribution is 5.86. The third kappa shape index (κ3) is 5.76. The Labute approximate surface area is 232 Å². The first-order valence-corrected chi connectivity index (χ1v) is 13.3. The quantitative estimate of drug-likeness (QED) is 0.280. The van der Waals surface area contributed by atoms with Crippen molar-refractivity contribution in [1.29, 1.82) is 5.26 Å². The number of anilines is 1. The third-order valence-electron chi connectivity index (χ3n) is 7.05. The van der Waals surface area contributed by atoms with Crippen LogP contribution in [-0.4, -0.2) is 46.5 Å². The topological polar surface area (TPSA) is 118 Å². The fourth-order valence-corrected chi connectivity index (χ4v) is 5.15. The van der Waals surface area contributed by atoms with Crippen molar-refractivity contribution in [3.63, 3.8) is 0 Å². The molecule has 2 aromatic carbocycles. The average Bonchev–Trinajstić information content (AvgIpc) is 3.38. The number of carboxylic acid groups (broad SMARTS) is 1. The van der Waals surface area contributed by atoms with Gasteiger partial charge in [-0.05, 0) is 73.4 Å². The molecule has 9 heteroatoms. The van der Waals surface area contributed by atoms with Crippen molar-refractivity contribution in [2.24, 2.45) is 0 Å². The van der Waals surface area contributed by atoms with E-state index in [4.69, 9.17) is 9.47 Å². The number of fused-ring (bicyclic) bond motifs is 2. The van der Waals surface area contributed by atoms with Crippen LogP contribution in [0.3, 0.4) is 0 Å². The lowest BCUT2D eigenvalue weighted by molar-refractivity contribution is -0.143. The van der Waals surface area contributed by atoms with E-state index in [0.29, 0.717) is 43.3 Å². The number of aromatic nitrogens is 2. The highest BCUT2D eigenvalue weighted by Crippen LogP contribution is 2.31. The van der Waals surface area contributed by atoms with E-state index in [1.165, 1.54) is 4.90 Å². The summed E-state index contributed by atoms with van der Waals surface area (Å²) in [5.74, 6) is 0.916. The smallest absolute Gasteiger partial charge is 0.413 e. The fourth-order valence-electron chi connectivity index (χ4n) is 5.15. The second-order valence-corrected chi connectivity index (χ2v) is 9.63. The molecule has 0 bridgehead atoms. The van der Waals surface area contributed by atoms with Crippen LogP contribution in [0.15, 0.2) is 66.9 Å². The number of esters is 1. The van der Waals surface area contributed by atoms with E-state index in [2.05, 4.69) is 11.1 Å². The number of ether oxygens (including phenoxy) is 2. The standard InChI is InChI=1S/C31H30N4O5/c1-2-39-29(36)19-28(23-6-3-5-21(17-23)20-32)34-15-12-24-18-26(10-11-27(24)34)40-16-13-25-9-8-22-7-4-14-35(31(37)38)30(22)33-25/h3,5-6,8-12,15,17-18,28H,2,4,7,13-14,16,19H2,1H3,(H,37,38). The minimum Gasteiger partial charge on any atom is -0.493 e. The van der Waals surface area contributed by atoms with Gasteiger partial charge < -0.3 is 19.1 Å². The molecule has 40 heavy (non-hydrogen) atoms. The fraction of sp³-hybridized carbons (Fsp3) is 0.290. The summed E-state index contributed by atoms with van der Waals surface area (Å²) < 4.78 is 13.3. The predicted molar refractivity (Wildman–Crippen MR) is 150 cm³/mol. The number of hydrogen-bond acceptors (Lipinski definition) is 6. The van der Waals surface area contributed by atoms with Crippen molar-refractivity contribution < 1.29 is 24.2 Å². The van der Waals surface area contributed by atoms with Crippen LogP contribution in [-0.2, 0) is 22.4 Å². The van der Waals surface area contributed by atoms with Crippen molar-refractivity contribution in [3.05, 3.63) is 89.2 Å². The molecule has 1 N–H and O–H groups in total. The maximum atomic E-state index is 12.5. The van der Waals surface area contributed by atoms with Crippen molar-refractivity contribution >= 4 is 28.8 Å². The van der Waals surface area contributed by atoms with E-state index in [1.807, 2.05) is 59.3 Å². The molecule has 0 aliphatic carbocycles. The van der Waals surface area contributed by atoms with Crippen LogP contribution in [0.2, 0.25) is 0 Å². The molecule has 1 aliphatic rings. The third-order valence-corrected chi connectivity index (χ3v) is 7.05. The summed E-state index contributed by atoms with van der Waals surface area (Å²) in [5.41, 5.74) is 4.04. The van der Waals surface area contributed by atoms with Crippen LogP contribution in [0.1, 0.15) is 48.2 Å². The Morgan fingerprint density at radius 1 is 1.15 bits per heavy atom. The molecule has 204 valence electrons. The van der Waals surface area contributed by atoms with Crippen LogP contribution < -0.4 is 9.64 Å². The first-order chi connectivity index (χ1) is 19.5. The lowest BCUT2D eigenvalue weighted by Gasteiger charge is -2.26. The molecule has 1 atom stereocenters. The number of aryl methyl sites for hydroxylation is 1.